The van der Waals surface area contributed by atoms with E-state index in [9.17, 15) is 15.0 Å². The molecule has 5 N–H and O–H groups in total. The number of guanidine groups is 1. The first-order valence-electron chi connectivity index (χ1n) is 6.24. The van der Waals surface area contributed by atoms with Crippen molar-refractivity contribution in [3.05, 3.63) is 0 Å². The predicted molar refractivity (Wildman–Crippen MR) is 60.8 cm³/mol. The highest BCUT2D eigenvalue weighted by Gasteiger charge is 2.75. The predicted octanol–water partition coefficient (Wildman–Crippen LogP) is -2.57. The summed E-state index contributed by atoms with van der Waals surface area (Å²) >= 11 is 0. The summed E-state index contributed by atoms with van der Waals surface area (Å²) in [7, 11) is 0. The average molecular weight is 269 g/mol. The van der Waals surface area contributed by atoms with Gasteiger partial charge < -0.3 is 30.7 Å². The number of nitrogens with one attached hydrogen (secondary N) is 1. The zero-order valence-corrected chi connectivity index (χ0v) is 10.2. The van der Waals surface area contributed by atoms with Gasteiger partial charge in [-0.3, -0.25) is 0 Å². The molecule has 104 valence electrons. The molecule has 1 aliphatic carbocycles. The van der Waals surface area contributed by atoms with Crippen molar-refractivity contribution in [3.63, 3.8) is 0 Å². The molecule has 1 spiro atoms. The quantitative estimate of drug-likeness (QED) is 0.356. The van der Waals surface area contributed by atoms with Crippen molar-refractivity contribution >= 4 is 11.9 Å². The number of hydrogen-bond acceptors (Lipinski definition) is 8. The van der Waals surface area contributed by atoms with Crippen LogP contribution in [0.4, 0.5) is 0 Å². The Morgan fingerprint density at radius 1 is 1.58 bits per heavy atom. The molecule has 4 aliphatic rings. The Labute approximate surface area is 108 Å². The molecule has 1 unspecified atom stereocenters. The van der Waals surface area contributed by atoms with Crippen LogP contribution in [0.3, 0.4) is 0 Å². The first-order valence-corrected chi connectivity index (χ1v) is 6.24. The van der Waals surface area contributed by atoms with E-state index in [4.69, 9.17) is 15.2 Å². The number of fused-ring (bicyclic) bond motifs is 1. The summed E-state index contributed by atoms with van der Waals surface area (Å²) in [4.78, 5) is 16.1. The van der Waals surface area contributed by atoms with Crippen molar-refractivity contribution in [2.75, 3.05) is 0 Å². The third-order valence-corrected chi connectivity index (χ3v) is 4.76. The van der Waals surface area contributed by atoms with Gasteiger partial charge in [0.25, 0.3) is 0 Å². The van der Waals surface area contributed by atoms with E-state index in [-0.39, 0.29) is 11.9 Å². The van der Waals surface area contributed by atoms with Crippen LogP contribution < -0.4 is 11.1 Å². The molecule has 3 heterocycles. The van der Waals surface area contributed by atoms with Crippen LogP contribution in [0.5, 0.6) is 0 Å². The fraction of sp³-hybridized carbons (Fsp3) is 0.818. The first kappa shape index (κ1) is 11.4. The average Bonchev–Trinajstić information content (AvgIpc) is 2.53. The van der Waals surface area contributed by atoms with E-state index in [2.05, 4.69) is 10.3 Å². The van der Waals surface area contributed by atoms with E-state index in [1.807, 2.05) is 0 Å². The Morgan fingerprint density at radius 3 is 3.05 bits per heavy atom. The highest BCUT2D eigenvalue weighted by atomic mass is 16.6. The van der Waals surface area contributed by atoms with Gasteiger partial charge >= 0.3 is 5.97 Å². The molecule has 4 rings (SSSR count). The second-order valence-corrected chi connectivity index (χ2v) is 5.95. The lowest BCUT2D eigenvalue weighted by Crippen LogP contribution is -2.80. The lowest BCUT2D eigenvalue weighted by molar-refractivity contribution is -0.238. The molecule has 3 fully saturated rings. The maximum absolute atomic E-state index is 12.0. The number of ether oxygens (including phenoxy) is 2. The van der Waals surface area contributed by atoms with Gasteiger partial charge in [0.1, 0.15) is 17.2 Å². The van der Waals surface area contributed by atoms with Crippen molar-refractivity contribution < 1.29 is 24.5 Å². The Bertz CT molecular complexity index is 507. The van der Waals surface area contributed by atoms with E-state index in [1.54, 1.807) is 6.92 Å². The first-order chi connectivity index (χ1) is 8.86. The number of aliphatic hydroxyl groups is 2. The topological polar surface area (TPSA) is 126 Å². The highest BCUT2D eigenvalue weighted by molar-refractivity contribution is 5.86. The van der Waals surface area contributed by atoms with Gasteiger partial charge in [-0.05, 0) is 13.3 Å². The number of nitrogens with two attached hydrogens (primary N) is 1. The second-order valence-electron chi connectivity index (χ2n) is 5.95. The van der Waals surface area contributed by atoms with Gasteiger partial charge in [0.15, 0.2) is 24.4 Å². The van der Waals surface area contributed by atoms with E-state index in [1.165, 1.54) is 0 Å². The van der Waals surface area contributed by atoms with E-state index in [0.717, 1.165) is 0 Å². The van der Waals surface area contributed by atoms with Crippen LogP contribution in [0.1, 0.15) is 13.3 Å². The summed E-state index contributed by atoms with van der Waals surface area (Å²) in [6.07, 6.45) is -3.36. The van der Waals surface area contributed by atoms with Gasteiger partial charge in [0.05, 0.1) is 0 Å². The van der Waals surface area contributed by atoms with Crippen LogP contribution in [0.2, 0.25) is 0 Å². The van der Waals surface area contributed by atoms with Crippen molar-refractivity contribution in [1.29, 1.82) is 0 Å². The van der Waals surface area contributed by atoms with Crippen LogP contribution in [-0.2, 0) is 14.3 Å². The number of carbonyl (C=O) groups is 1. The molecule has 3 aliphatic heterocycles. The maximum Gasteiger partial charge on any atom is 0.338 e. The Morgan fingerprint density at radius 2 is 2.32 bits per heavy atom. The zero-order chi connectivity index (χ0) is 13.6. The molecule has 0 aromatic carbocycles. The van der Waals surface area contributed by atoms with E-state index in [0.29, 0.717) is 6.42 Å². The van der Waals surface area contributed by atoms with Crippen LogP contribution in [0, 0.1) is 5.92 Å². The minimum atomic E-state index is -1.32. The molecule has 8 heteroatoms. The smallest absolute Gasteiger partial charge is 0.338 e. The third-order valence-electron chi connectivity index (χ3n) is 4.76. The number of rotatable bonds is 0. The van der Waals surface area contributed by atoms with E-state index < -0.39 is 41.6 Å². The Kier molecular flexibility index (Phi) is 1.82. The molecule has 0 radical (unpaired) electrons. The molecule has 2 saturated heterocycles. The minimum absolute atomic E-state index is 0.137. The molecule has 1 saturated carbocycles. The van der Waals surface area contributed by atoms with Gasteiger partial charge in [-0.25, -0.2) is 9.79 Å². The van der Waals surface area contributed by atoms with Crippen LogP contribution in [0.25, 0.3) is 0 Å². The molecule has 0 aromatic rings. The van der Waals surface area contributed by atoms with Crippen molar-refractivity contribution in [1.82, 2.24) is 5.32 Å². The number of esters is 1. The third kappa shape index (κ3) is 1.11. The van der Waals surface area contributed by atoms with Crippen LogP contribution >= 0.6 is 0 Å². The number of carbonyl (C=O) groups excluding carboxylic acids is 1. The SMILES string of the molecule is C[C@]1(O)C[C@@H]2[C@H]3N=C(N)N[C@@]24C(O)[C@@H]1OC(=O)[C@H]4O3. The highest BCUT2D eigenvalue weighted by Crippen LogP contribution is 2.54. The van der Waals surface area contributed by atoms with Gasteiger partial charge in [-0.1, -0.05) is 0 Å². The van der Waals surface area contributed by atoms with Gasteiger partial charge in [0, 0.05) is 5.92 Å². The minimum Gasteiger partial charge on any atom is -0.454 e. The lowest BCUT2D eigenvalue weighted by Gasteiger charge is -2.56. The maximum atomic E-state index is 12.0. The summed E-state index contributed by atoms with van der Waals surface area (Å²) in [6.45, 7) is 1.54. The monoisotopic (exact) mass is 269 g/mol. The molecule has 0 amide bonds. The molecule has 19 heavy (non-hydrogen) atoms. The van der Waals surface area contributed by atoms with Crippen LogP contribution in [-0.4, -0.2) is 57.8 Å². The lowest BCUT2D eigenvalue weighted by atomic mass is 9.61. The summed E-state index contributed by atoms with van der Waals surface area (Å²) in [5.41, 5.74) is 3.34. The number of nitrogens with zero attached hydrogens (tertiary/aromatic N) is 1. The second kappa shape index (κ2) is 3.02. The molecule has 0 aromatic heterocycles. The number of aliphatic imine (C=N–C) groups is 1. The largest absolute Gasteiger partial charge is 0.454 e. The standard InChI is InChI=1S/C11H15N3O5/c1-10(17)2-3-7-13-9(12)14-11(3)4(15)5(10)19-8(16)6(11)18-7/h3-7,15,17H,2H2,1H3,(H3,12,13,14)/t3-,4?,5+,6-,7+,10+,11-/m1/s1. The van der Waals surface area contributed by atoms with Crippen molar-refractivity contribution in [2.45, 2.75) is 49.0 Å². The Balaban J connectivity index is 1.92. The zero-order valence-electron chi connectivity index (χ0n) is 10.2. The molecular weight excluding hydrogens is 254 g/mol. The molecule has 8 nitrogen and oxygen atoms in total. The summed E-state index contributed by atoms with van der Waals surface area (Å²) in [6, 6.07) is 0. The van der Waals surface area contributed by atoms with Crippen molar-refractivity contribution in [3.8, 4) is 0 Å². The normalized spacial score (nSPS) is 58.2. The number of aliphatic hydroxyl groups excluding tert-OH is 1. The molecule has 3 bridgehead atoms. The molecular formula is C11H15N3O5. The fourth-order valence-electron chi connectivity index (χ4n) is 3.95. The summed E-state index contributed by atoms with van der Waals surface area (Å²) in [5.74, 6) is -0.781. The Hall–Kier alpha value is -1.38. The van der Waals surface area contributed by atoms with Crippen LogP contribution in [0.15, 0.2) is 4.99 Å². The van der Waals surface area contributed by atoms with Gasteiger partial charge in [-0.15, -0.1) is 0 Å². The summed E-state index contributed by atoms with van der Waals surface area (Å²) < 4.78 is 10.7. The number of hydrogen-bond donors (Lipinski definition) is 4. The molecule has 7 atom stereocenters. The van der Waals surface area contributed by atoms with Crippen molar-refractivity contribution in [2.24, 2.45) is 16.6 Å². The van der Waals surface area contributed by atoms with E-state index >= 15 is 0 Å². The summed E-state index contributed by atoms with van der Waals surface area (Å²) in [5, 5.41) is 23.9. The van der Waals surface area contributed by atoms with Gasteiger partial charge in [-0.2, -0.15) is 0 Å². The fourth-order valence-corrected chi connectivity index (χ4v) is 3.95. The van der Waals surface area contributed by atoms with Gasteiger partial charge in [0.2, 0.25) is 0 Å².